The molecule has 0 unspecified atom stereocenters. The van der Waals surface area contributed by atoms with E-state index in [1.54, 1.807) is 49.4 Å². The summed E-state index contributed by atoms with van der Waals surface area (Å²) in [7, 11) is -3.39. The minimum Gasteiger partial charge on any atom is -0.321 e. The maximum Gasteiger partial charge on any atom is 0.256 e. The van der Waals surface area contributed by atoms with Crippen molar-refractivity contribution in [1.82, 2.24) is 0 Å². The first kappa shape index (κ1) is 15.7. The molecule has 0 aliphatic heterocycles. The predicted octanol–water partition coefficient (Wildman–Crippen LogP) is 3.50. The summed E-state index contributed by atoms with van der Waals surface area (Å²) in [6.07, 6.45) is 0. The number of carbonyl (C=O) groups is 1. The molecule has 110 valence electrons. The lowest BCUT2D eigenvalue weighted by Gasteiger charge is -2.11. The van der Waals surface area contributed by atoms with E-state index in [2.05, 4.69) is 21.2 Å². The van der Waals surface area contributed by atoms with E-state index in [0.29, 0.717) is 15.7 Å². The van der Waals surface area contributed by atoms with Crippen LogP contribution < -0.4 is 5.32 Å². The molecule has 0 aliphatic rings. The van der Waals surface area contributed by atoms with Gasteiger partial charge < -0.3 is 5.32 Å². The highest BCUT2D eigenvalue weighted by molar-refractivity contribution is 9.10. The van der Waals surface area contributed by atoms with E-state index in [0.717, 1.165) is 0 Å². The fourth-order valence-corrected chi connectivity index (χ4v) is 3.35. The van der Waals surface area contributed by atoms with Crippen LogP contribution in [0.25, 0.3) is 0 Å². The summed E-state index contributed by atoms with van der Waals surface area (Å²) in [5.41, 5.74) is 0.737. The summed E-state index contributed by atoms with van der Waals surface area (Å²) >= 11 is 3.30. The number of hydrogen-bond donors (Lipinski definition) is 1. The number of nitrogens with one attached hydrogen (secondary N) is 1. The second-order valence-corrected chi connectivity index (χ2v) is 7.43. The van der Waals surface area contributed by atoms with Crippen molar-refractivity contribution >= 4 is 37.4 Å². The maximum absolute atomic E-state index is 12.3. The lowest BCUT2D eigenvalue weighted by atomic mass is 10.2. The molecular weight excluding hydrogens is 354 g/mol. The molecule has 0 atom stereocenters. The highest BCUT2D eigenvalue weighted by Crippen LogP contribution is 2.24. The van der Waals surface area contributed by atoms with E-state index in [-0.39, 0.29) is 16.6 Å². The molecule has 2 aromatic carbocycles. The topological polar surface area (TPSA) is 63.2 Å². The molecule has 1 N–H and O–H groups in total. The average Bonchev–Trinajstić information content (AvgIpc) is 2.48. The molecule has 0 spiro atoms. The fourth-order valence-electron chi connectivity index (χ4n) is 1.83. The summed E-state index contributed by atoms with van der Waals surface area (Å²) in [6, 6.07) is 13.4. The van der Waals surface area contributed by atoms with Gasteiger partial charge in [0.05, 0.1) is 21.9 Å². The molecule has 0 aliphatic carbocycles. The molecule has 1 amide bonds. The molecule has 0 saturated heterocycles. The number of halogens is 1. The summed E-state index contributed by atoms with van der Waals surface area (Å²) < 4.78 is 24.7. The van der Waals surface area contributed by atoms with E-state index in [9.17, 15) is 13.2 Å². The molecule has 6 heteroatoms. The van der Waals surface area contributed by atoms with Gasteiger partial charge in [0.2, 0.25) is 0 Å². The van der Waals surface area contributed by atoms with Crippen LogP contribution in [0.2, 0.25) is 0 Å². The van der Waals surface area contributed by atoms with Gasteiger partial charge in [0.1, 0.15) is 0 Å². The van der Waals surface area contributed by atoms with Gasteiger partial charge in [0.15, 0.2) is 9.84 Å². The third-order valence-corrected chi connectivity index (χ3v) is 5.45. The third kappa shape index (κ3) is 3.51. The average molecular weight is 368 g/mol. The number of anilines is 1. The zero-order valence-electron chi connectivity index (χ0n) is 11.3. The smallest absolute Gasteiger partial charge is 0.256 e. The highest BCUT2D eigenvalue weighted by Gasteiger charge is 2.18. The summed E-state index contributed by atoms with van der Waals surface area (Å²) in [5.74, 6) is -0.379. The van der Waals surface area contributed by atoms with E-state index in [4.69, 9.17) is 0 Å². The third-order valence-electron chi connectivity index (χ3n) is 2.97. The molecule has 0 fully saturated rings. The van der Waals surface area contributed by atoms with Crippen molar-refractivity contribution in [2.24, 2.45) is 0 Å². The van der Waals surface area contributed by atoms with E-state index in [1.165, 1.54) is 6.07 Å². The zero-order chi connectivity index (χ0) is 15.5. The normalized spacial score (nSPS) is 11.1. The van der Waals surface area contributed by atoms with Crippen LogP contribution in [0, 0.1) is 0 Å². The summed E-state index contributed by atoms with van der Waals surface area (Å²) in [4.78, 5) is 12.4. The molecular formula is C15H14BrNO3S. The number of amides is 1. The van der Waals surface area contributed by atoms with Crippen molar-refractivity contribution in [3.05, 3.63) is 58.6 Å². The Hall–Kier alpha value is -1.66. The van der Waals surface area contributed by atoms with Crippen LogP contribution in [0.1, 0.15) is 17.3 Å². The molecule has 0 radical (unpaired) electrons. The number of rotatable bonds is 4. The summed E-state index contributed by atoms with van der Waals surface area (Å²) in [5, 5.41) is 2.66. The molecule has 4 nitrogen and oxygen atoms in total. The molecule has 2 rings (SSSR count). The van der Waals surface area contributed by atoms with Gasteiger partial charge in [-0.3, -0.25) is 4.79 Å². The maximum atomic E-state index is 12.3. The number of carbonyl (C=O) groups excluding carboxylic acids is 1. The Morgan fingerprint density at radius 1 is 1.10 bits per heavy atom. The number of benzene rings is 2. The van der Waals surface area contributed by atoms with Gasteiger partial charge in [-0.1, -0.05) is 31.2 Å². The van der Waals surface area contributed by atoms with Gasteiger partial charge in [-0.15, -0.1) is 0 Å². The zero-order valence-corrected chi connectivity index (χ0v) is 13.7. The van der Waals surface area contributed by atoms with Gasteiger partial charge >= 0.3 is 0 Å². The molecule has 0 aromatic heterocycles. The largest absolute Gasteiger partial charge is 0.321 e. The Balaban J connectivity index is 2.38. The minimum absolute atomic E-state index is 0.0189. The molecule has 21 heavy (non-hydrogen) atoms. The van der Waals surface area contributed by atoms with E-state index in [1.807, 2.05) is 0 Å². The fraction of sp³-hybridized carbons (Fsp3) is 0.133. The van der Waals surface area contributed by atoms with Crippen molar-refractivity contribution < 1.29 is 13.2 Å². The Kier molecular flexibility index (Phi) is 4.80. The first-order valence-electron chi connectivity index (χ1n) is 6.33. The van der Waals surface area contributed by atoms with Gasteiger partial charge in [0, 0.05) is 4.47 Å². The SMILES string of the molecule is CCS(=O)(=O)c1ccccc1NC(=O)c1ccccc1Br. The van der Waals surface area contributed by atoms with Crippen LogP contribution in [0.3, 0.4) is 0 Å². The first-order valence-corrected chi connectivity index (χ1v) is 8.78. The lowest BCUT2D eigenvalue weighted by Crippen LogP contribution is -2.16. The van der Waals surface area contributed by atoms with Gasteiger partial charge in [0.25, 0.3) is 5.91 Å². The van der Waals surface area contributed by atoms with E-state index < -0.39 is 9.84 Å². The number of sulfone groups is 1. The second kappa shape index (κ2) is 6.41. The van der Waals surface area contributed by atoms with Gasteiger partial charge in [-0.05, 0) is 40.2 Å². The Bertz CT molecular complexity index is 772. The molecule has 0 saturated carbocycles. The van der Waals surface area contributed by atoms with Crippen LogP contribution in [0.5, 0.6) is 0 Å². The minimum atomic E-state index is -3.39. The molecule has 0 heterocycles. The van der Waals surface area contributed by atoms with Gasteiger partial charge in [-0.2, -0.15) is 0 Å². The number of para-hydroxylation sites is 1. The van der Waals surface area contributed by atoms with Gasteiger partial charge in [-0.25, -0.2) is 8.42 Å². The lowest BCUT2D eigenvalue weighted by molar-refractivity contribution is 0.102. The highest BCUT2D eigenvalue weighted by atomic mass is 79.9. The Morgan fingerprint density at radius 3 is 2.38 bits per heavy atom. The van der Waals surface area contributed by atoms with Crippen molar-refractivity contribution in [3.63, 3.8) is 0 Å². The van der Waals surface area contributed by atoms with Crippen molar-refractivity contribution in [3.8, 4) is 0 Å². The number of hydrogen-bond acceptors (Lipinski definition) is 3. The Labute approximate surface area is 132 Å². The quantitative estimate of drug-likeness (QED) is 0.899. The molecule has 0 bridgehead atoms. The van der Waals surface area contributed by atoms with E-state index >= 15 is 0 Å². The van der Waals surface area contributed by atoms with Crippen molar-refractivity contribution in [2.45, 2.75) is 11.8 Å². The standard InChI is InChI=1S/C15H14BrNO3S/c1-2-21(19,20)14-10-6-5-9-13(14)17-15(18)11-7-3-4-8-12(11)16/h3-10H,2H2,1H3,(H,17,18). The monoisotopic (exact) mass is 367 g/mol. The van der Waals surface area contributed by atoms with Crippen LogP contribution in [0.4, 0.5) is 5.69 Å². The summed E-state index contributed by atoms with van der Waals surface area (Å²) in [6.45, 7) is 1.57. The predicted molar refractivity (Wildman–Crippen MR) is 86.3 cm³/mol. The van der Waals surface area contributed by atoms with Crippen LogP contribution in [0.15, 0.2) is 57.9 Å². The first-order chi connectivity index (χ1) is 9.95. The van der Waals surface area contributed by atoms with Crippen molar-refractivity contribution in [2.75, 3.05) is 11.1 Å². The van der Waals surface area contributed by atoms with Crippen LogP contribution >= 0.6 is 15.9 Å². The van der Waals surface area contributed by atoms with Crippen molar-refractivity contribution in [1.29, 1.82) is 0 Å². The second-order valence-electron chi connectivity index (χ2n) is 4.33. The van der Waals surface area contributed by atoms with Crippen LogP contribution in [-0.4, -0.2) is 20.1 Å². The molecule has 2 aromatic rings. The van der Waals surface area contributed by atoms with Crippen LogP contribution in [-0.2, 0) is 9.84 Å². The Morgan fingerprint density at radius 2 is 1.71 bits per heavy atom.